The molecule has 0 aromatic heterocycles. The second kappa shape index (κ2) is 2.67. The van der Waals surface area contributed by atoms with Gasteiger partial charge in [-0.2, -0.15) is 0 Å². The van der Waals surface area contributed by atoms with Crippen LogP contribution in [0, 0.1) is 5.92 Å². The summed E-state index contributed by atoms with van der Waals surface area (Å²) in [6.45, 7) is -0.0133. The summed E-state index contributed by atoms with van der Waals surface area (Å²) in [5, 5.41) is 18.9. The van der Waals surface area contributed by atoms with E-state index in [1.165, 1.54) is 0 Å². The van der Waals surface area contributed by atoms with Gasteiger partial charge >= 0.3 is 0 Å². The molecule has 74 valence electrons. The second-order valence-electron chi connectivity index (χ2n) is 3.75. The third-order valence-electron chi connectivity index (χ3n) is 2.87. The monoisotopic (exact) mass is 187 g/mol. The average molecular weight is 187 g/mol. The van der Waals surface area contributed by atoms with Crippen molar-refractivity contribution in [3.63, 3.8) is 0 Å². The summed E-state index contributed by atoms with van der Waals surface area (Å²) < 4.78 is 5.18. The van der Waals surface area contributed by atoms with Gasteiger partial charge in [0.1, 0.15) is 12.2 Å². The Kier molecular flexibility index (Phi) is 1.83. The molecule has 0 spiro atoms. The molecule has 1 heterocycles. The number of nitrogens with two attached hydrogens (primary N) is 1. The van der Waals surface area contributed by atoms with E-state index in [1.54, 1.807) is 0 Å². The fourth-order valence-electron chi connectivity index (χ4n) is 1.98. The van der Waals surface area contributed by atoms with Crippen LogP contribution < -0.4 is 5.73 Å². The number of ether oxygens (including phenoxy) is 1. The predicted octanol–water partition coefficient (Wildman–Crippen LogP) is -1.63. The number of carbonyl (C=O) groups is 1. The van der Waals surface area contributed by atoms with E-state index < -0.39 is 23.7 Å². The third-order valence-corrected chi connectivity index (χ3v) is 2.87. The van der Waals surface area contributed by atoms with Crippen LogP contribution in [-0.4, -0.2) is 40.5 Å². The van der Waals surface area contributed by atoms with E-state index in [2.05, 4.69) is 0 Å². The zero-order chi connectivity index (χ0) is 9.64. The van der Waals surface area contributed by atoms with Crippen LogP contribution in [0.25, 0.3) is 0 Å². The van der Waals surface area contributed by atoms with Crippen molar-refractivity contribution in [3.8, 4) is 0 Å². The molecule has 1 saturated heterocycles. The van der Waals surface area contributed by atoms with E-state index in [1.807, 2.05) is 0 Å². The Bertz CT molecular complexity index is 240. The molecule has 4 N–H and O–H groups in total. The van der Waals surface area contributed by atoms with Gasteiger partial charge < -0.3 is 20.7 Å². The number of rotatable bonds is 2. The minimum Gasteiger partial charge on any atom is -0.388 e. The second-order valence-corrected chi connectivity index (χ2v) is 3.75. The van der Waals surface area contributed by atoms with Gasteiger partial charge in [0.15, 0.2) is 5.60 Å². The van der Waals surface area contributed by atoms with E-state index in [9.17, 15) is 15.0 Å². The van der Waals surface area contributed by atoms with Crippen LogP contribution in [0.3, 0.4) is 0 Å². The number of hydrogen-bond donors (Lipinski definition) is 3. The number of aliphatic hydroxyl groups excluding tert-OH is 2. The number of amides is 1. The maximum Gasteiger partial charge on any atom is 0.252 e. The van der Waals surface area contributed by atoms with Crippen molar-refractivity contribution < 1.29 is 19.7 Å². The number of aliphatic hydroxyl groups is 2. The summed E-state index contributed by atoms with van der Waals surface area (Å²) in [6, 6.07) is 0. The van der Waals surface area contributed by atoms with E-state index in [4.69, 9.17) is 10.5 Å². The van der Waals surface area contributed by atoms with Gasteiger partial charge in [-0.1, -0.05) is 0 Å². The molecule has 5 heteroatoms. The Morgan fingerprint density at radius 3 is 2.38 bits per heavy atom. The van der Waals surface area contributed by atoms with E-state index in [0.717, 1.165) is 12.8 Å². The number of primary amides is 1. The Morgan fingerprint density at radius 2 is 2.08 bits per heavy atom. The Hall–Kier alpha value is -0.650. The standard InChI is InChI=1S/C8H13NO4/c9-7(12)8(4-1-2-4)6(11)5(10)3-13-8/h4-6,10-11H,1-3H2,(H2,9,12). The molecule has 1 amide bonds. The first-order valence-corrected chi connectivity index (χ1v) is 4.39. The van der Waals surface area contributed by atoms with Crippen molar-refractivity contribution in [1.29, 1.82) is 0 Å². The van der Waals surface area contributed by atoms with Crippen molar-refractivity contribution in [2.75, 3.05) is 6.61 Å². The van der Waals surface area contributed by atoms with Gasteiger partial charge in [0.25, 0.3) is 5.91 Å². The number of carbonyl (C=O) groups excluding carboxylic acids is 1. The molecule has 1 aliphatic carbocycles. The summed E-state index contributed by atoms with van der Waals surface area (Å²) in [5.74, 6) is -0.684. The molecule has 2 aliphatic rings. The van der Waals surface area contributed by atoms with Crippen LogP contribution in [0.2, 0.25) is 0 Å². The zero-order valence-electron chi connectivity index (χ0n) is 7.14. The van der Waals surface area contributed by atoms with Crippen LogP contribution in [0.4, 0.5) is 0 Å². The molecule has 0 aromatic carbocycles. The highest BCUT2D eigenvalue weighted by Crippen LogP contribution is 2.47. The van der Waals surface area contributed by atoms with Crippen LogP contribution in [0.15, 0.2) is 0 Å². The summed E-state index contributed by atoms with van der Waals surface area (Å²) in [7, 11) is 0. The van der Waals surface area contributed by atoms with Crippen molar-refractivity contribution in [2.24, 2.45) is 11.7 Å². The quantitative estimate of drug-likeness (QED) is 0.484. The van der Waals surface area contributed by atoms with Crippen LogP contribution in [0.1, 0.15) is 12.8 Å². The molecular formula is C8H13NO4. The lowest BCUT2D eigenvalue weighted by atomic mass is 9.89. The highest BCUT2D eigenvalue weighted by atomic mass is 16.6. The molecule has 2 fully saturated rings. The molecule has 3 atom stereocenters. The molecule has 1 saturated carbocycles. The lowest BCUT2D eigenvalue weighted by Crippen LogP contribution is -2.55. The van der Waals surface area contributed by atoms with E-state index >= 15 is 0 Å². The molecule has 0 aromatic rings. The van der Waals surface area contributed by atoms with Gasteiger partial charge in [0, 0.05) is 0 Å². The lowest BCUT2D eigenvalue weighted by Gasteiger charge is -2.28. The minimum atomic E-state index is -1.32. The van der Waals surface area contributed by atoms with Crippen molar-refractivity contribution in [3.05, 3.63) is 0 Å². The topological polar surface area (TPSA) is 92.8 Å². The highest BCUT2D eigenvalue weighted by Gasteiger charge is 2.61. The number of hydrogen-bond acceptors (Lipinski definition) is 4. The van der Waals surface area contributed by atoms with E-state index in [0.29, 0.717) is 0 Å². The van der Waals surface area contributed by atoms with Gasteiger partial charge in [-0.25, -0.2) is 0 Å². The molecule has 1 aliphatic heterocycles. The smallest absolute Gasteiger partial charge is 0.252 e. The van der Waals surface area contributed by atoms with Crippen molar-refractivity contribution >= 4 is 5.91 Å². The van der Waals surface area contributed by atoms with Gasteiger partial charge in [-0.3, -0.25) is 4.79 Å². The Labute approximate surface area is 75.5 Å². The SMILES string of the molecule is NC(=O)C1(C2CC2)OCC(O)C1O. The van der Waals surface area contributed by atoms with Gasteiger partial charge in [-0.05, 0) is 18.8 Å². The van der Waals surface area contributed by atoms with E-state index in [-0.39, 0.29) is 12.5 Å². The summed E-state index contributed by atoms with van der Waals surface area (Å²) in [6.07, 6.45) is -0.509. The first-order chi connectivity index (χ1) is 6.09. The molecule has 0 radical (unpaired) electrons. The molecular weight excluding hydrogens is 174 g/mol. The summed E-state index contributed by atoms with van der Waals surface area (Å²) >= 11 is 0. The maximum atomic E-state index is 11.2. The Morgan fingerprint density at radius 1 is 1.46 bits per heavy atom. The first-order valence-electron chi connectivity index (χ1n) is 4.39. The van der Waals surface area contributed by atoms with Crippen LogP contribution >= 0.6 is 0 Å². The summed E-state index contributed by atoms with van der Waals surface area (Å²) in [5.41, 5.74) is 3.87. The molecule has 2 rings (SSSR count). The fraction of sp³-hybridized carbons (Fsp3) is 0.875. The third kappa shape index (κ3) is 1.08. The molecule has 5 nitrogen and oxygen atoms in total. The Balaban J connectivity index is 2.28. The van der Waals surface area contributed by atoms with Crippen molar-refractivity contribution in [1.82, 2.24) is 0 Å². The zero-order valence-corrected chi connectivity index (χ0v) is 7.14. The van der Waals surface area contributed by atoms with Crippen LogP contribution in [0.5, 0.6) is 0 Å². The maximum absolute atomic E-state index is 11.2. The lowest BCUT2D eigenvalue weighted by molar-refractivity contribution is -0.150. The normalized spacial score (nSPS) is 45.1. The van der Waals surface area contributed by atoms with Gasteiger partial charge in [-0.15, -0.1) is 0 Å². The largest absolute Gasteiger partial charge is 0.388 e. The van der Waals surface area contributed by atoms with Gasteiger partial charge in [0.05, 0.1) is 6.61 Å². The minimum absolute atomic E-state index is 0.0133. The molecule has 0 bridgehead atoms. The molecule has 3 unspecified atom stereocenters. The van der Waals surface area contributed by atoms with Gasteiger partial charge in [0.2, 0.25) is 0 Å². The fourth-order valence-corrected chi connectivity index (χ4v) is 1.98. The van der Waals surface area contributed by atoms with Crippen molar-refractivity contribution in [2.45, 2.75) is 30.7 Å². The predicted molar refractivity (Wildman–Crippen MR) is 42.6 cm³/mol. The molecule has 13 heavy (non-hydrogen) atoms. The average Bonchev–Trinajstić information content (AvgIpc) is 2.84. The first kappa shape index (κ1) is 8.93. The van der Waals surface area contributed by atoms with Crippen LogP contribution in [-0.2, 0) is 9.53 Å². The highest BCUT2D eigenvalue weighted by molar-refractivity contribution is 5.85. The summed E-state index contributed by atoms with van der Waals surface area (Å²) in [4.78, 5) is 11.2.